The molecular formula is C14H16N2O. The molecule has 3 nitrogen and oxygen atoms in total. The quantitative estimate of drug-likeness (QED) is 0.833. The molecule has 0 spiro atoms. The number of hydrogen-bond donors (Lipinski definition) is 2. The molecule has 1 saturated carbocycles. The average Bonchev–Trinajstić information content (AvgIpc) is 2.85. The van der Waals surface area contributed by atoms with Crippen LogP contribution in [0.2, 0.25) is 0 Å². The van der Waals surface area contributed by atoms with Gasteiger partial charge in [-0.1, -0.05) is 19.1 Å². The van der Waals surface area contributed by atoms with Crippen LogP contribution in [0.25, 0.3) is 10.9 Å². The first-order chi connectivity index (χ1) is 8.25. The third kappa shape index (κ3) is 1.93. The first kappa shape index (κ1) is 10.4. The molecule has 1 fully saturated rings. The molecule has 1 amide bonds. The van der Waals surface area contributed by atoms with Crippen LogP contribution in [0, 0.1) is 11.8 Å². The van der Waals surface area contributed by atoms with Crippen LogP contribution in [0.4, 0.5) is 0 Å². The van der Waals surface area contributed by atoms with E-state index in [1.165, 1.54) is 6.42 Å². The van der Waals surface area contributed by atoms with E-state index in [2.05, 4.69) is 17.2 Å². The Bertz CT molecular complexity index is 558. The van der Waals surface area contributed by atoms with Crippen molar-refractivity contribution < 1.29 is 4.79 Å². The van der Waals surface area contributed by atoms with Gasteiger partial charge in [0.2, 0.25) is 0 Å². The van der Waals surface area contributed by atoms with Crippen molar-refractivity contribution in [3.05, 3.63) is 36.0 Å². The van der Waals surface area contributed by atoms with Gasteiger partial charge in [0.25, 0.3) is 5.91 Å². The van der Waals surface area contributed by atoms with Gasteiger partial charge in [-0.15, -0.1) is 0 Å². The second kappa shape index (κ2) is 3.91. The highest BCUT2D eigenvalue weighted by atomic mass is 16.1. The Hall–Kier alpha value is -1.77. The maximum Gasteiger partial charge on any atom is 0.253 e. The lowest BCUT2D eigenvalue weighted by atomic mass is 10.1. The van der Waals surface area contributed by atoms with E-state index in [1.807, 2.05) is 30.5 Å². The predicted molar refractivity (Wildman–Crippen MR) is 67.9 cm³/mol. The molecule has 17 heavy (non-hydrogen) atoms. The maximum absolute atomic E-state index is 12.1. The number of para-hydroxylation sites is 1. The summed E-state index contributed by atoms with van der Waals surface area (Å²) < 4.78 is 0. The molecule has 0 aliphatic heterocycles. The van der Waals surface area contributed by atoms with Crippen LogP contribution >= 0.6 is 0 Å². The van der Waals surface area contributed by atoms with Crippen LogP contribution < -0.4 is 5.32 Å². The number of aromatic amines is 1. The maximum atomic E-state index is 12.1. The summed E-state index contributed by atoms with van der Waals surface area (Å²) >= 11 is 0. The van der Waals surface area contributed by atoms with Gasteiger partial charge in [-0.3, -0.25) is 4.79 Å². The Morgan fingerprint density at radius 1 is 1.47 bits per heavy atom. The van der Waals surface area contributed by atoms with Gasteiger partial charge in [-0.05, 0) is 30.4 Å². The number of benzene rings is 1. The number of carbonyl (C=O) groups is 1. The van der Waals surface area contributed by atoms with E-state index in [0.717, 1.165) is 28.9 Å². The third-order valence-electron chi connectivity index (χ3n) is 3.63. The lowest BCUT2D eigenvalue weighted by molar-refractivity contribution is 0.0953. The fourth-order valence-corrected chi connectivity index (χ4v) is 2.28. The normalized spacial score (nSPS) is 22.6. The van der Waals surface area contributed by atoms with Crippen molar-refractivity contribution in [1.29, 1.82) is 0 Å². The minimum absolute atomic E-state index is 0.0251. The molecule has 2 unspecified atom stereocenters. The zero-order valence-electron chi connectivity index (χ0n) is 9.86. The molecule has 2 N–H and O–H groups in total. The van der Waals surface area contributed by atoms with Crippen molar-refractivity contribution >= 4 is 16.8 Å². The Kier molecular flexibility index (Phi) is 2.39. The van der Waals surface area contributed by atoms with Gasteiger partial charge in [0.05, 0.1) is 11.1 Å². The van der Waals surface area contributed by atoms with E-state index in [1.54, 1.807) is 0 Å². The molecule has 88 valence electrons. The number of carbonyl (C=O) groups excluding carboxylic acids is 1. The van der Waals surface area contributed by atoms with E-state index in [-0.39, 0.29) is 5.91 Å². The van der Waals surface area contributed by atoms with Gasteiger partial charge in [0.15, 0.2) is 0 Å². The Morgan fingerprint density at radius 2 is 2.29 bits per heavy atom. The summed E-state index contributed by atoms with van der Waals surface area (Å²) in [5.74, 6) is 1.48. The van der Waals surface area contributed by atoms with Crippen molar-refractivity contribution in [3.63, 3.8) is 0 Å². The summed E-state index contributed by atoms with van der Waals surface area (Å²) in [5, 5.41) is 4.10. The third-order valence-corrected chi connectivity index (χ3v) is 3.63. The molecule has 1 aromatic carbocycles. The van der Waals surface area contributed by atoms with Gasteiger partial charge in [-0.2, -0.15) is 0 Å². The fourth-order valence-electron chi connectivity index (χ4n) is 2.28. The van der Waals surface area contributed by atoms with Crippen molar-refractivity contribution in [2.24, 2.45) is 11.8 Å². The lowest BCUT2D eigenvalue weighted by Gasteiger charge is -2.05. The molecule has 0 saturated heterocycles. The van der Waals surface area contributed by atoms with Crippen molar-refractivity contribution in [2.75, 3.05) is 6.54 Å². The Balaban J connectivity index is 1.78. The van der Waals surface area contributed by atoms with Crippen LogP contribution in [0.15, 0.2) is 30.5 Å². The highest BCUT2D eigenvalue weighted by Crippen LogP contribution is 2.36. The molecule has 1 aliphatic carbocycles. The van der Waals surface area contributed by atoms with Crippen LogP contribution in [-0.2, 0) is 0 Å². The van der Waals surface area contributed by atoms with Gasteiger partial charge >= 0.3 is 0 Å². The Morgan fingerprint density at radius 3 is 3.06 bits per heavy atom. The van der Waals surface area contributed by atoms with Crippen LogP contribution in [-0.4, -0.2) is 17.4 Å². The molecule has 0 bridgehead atoms. The molecule has 3 rings (SSSR count). The lowest BCUT2D eigenvalue weighted by Crippen LogP contribution is -2.26. The second-order valence-electron chi connectivity index (χ2n) is 4.93. The van der Waals surface area contributed by atoms with E-state index in [0.29, 0.717) is 5.92 Å². The topological polar surface area (TPSA) is 44.9 Å². The van der Waals surface area contributed by atoms with Crippen molar-refractivity contribution in [1.82, 2.24) is 10.3 Å². The van der Waals surface area contributed by atoms with E-state index >= 15 is 0 Å². The summed E-state index contributed by atoms with van der Waals surface area (Å²) in [6.07, 6.45) is 3.11. The van der Waals surface area contributed by atoms with Crippen LogP contribution in [0.1, 0.15) is 23.7 Å². The number of amides is 1. The zero-order valence-corrected chi connectivity index (χ0v) is 9.86. The van der Waals surface area contributed by atoms with Gasteiger partial charge in [0, 0.05) is 18.1 Å². The first-order valence-electron chi connectivity index (χ1n) is 6.10. The van der Waals surface area contributed by atoms with E-state index < -0.39 is 0 Å². The summed E-state index contributed by atoms with van der Waals surface area (Å²) in [6.45, 7) is 3.03. The first-order valence-corrected chi connectivity index (χ1v) is 6.10. The van der Waals surface area contributed by atoms with Crippen molar-refractivity contribution in [2.45, 2.75) is 13.3 Å². The molecule has 1 heterocycles. The molecule has 2 atom stereocenters. The van der Waals surface area contributed by atoms with Gasteiger partial charge in [-0.25, -0.2) is 0 Å². The molecule has 1 aliphatic rings. The summed E-state index contributed by atoms with van der Waals surface area (Å²) in [6, 6.07) is 7.77. The molecule has 3 heteroatoms. The van der Waals surface area contributed by atoms with Crippen LogP contribution in [0.3, 0.4) is 0 Å². The number of nitrogens with one attached hydrogen (secondary N) is 2. The average molecular weight is 228 g/mol. The monoisotopic (exact) mass is 228 g/mol. The molecule has 1 aromatic heterocycles. The number of aromatic nitrogens is 1. The second-order valence-corrected chi connectivity index (χ2v) is 4.93. The number of H-pyrrole nitrogens is 1. The molecule has 2 aromatic rings. The van der Waals surface area contributed by atoms with E-state index in [9.17, 15) is 4.79 Å². The largest absolute Gasteiger partial charge is 0.361 e. The van der Waals surface area contributed by atoms with Gasteiger partial charge in [0.1, 0.15) is 0 Å². The fraction of sp³-hybridized carbons (Fsp3) is 0.357. The zero-order chi connectivity index (χ0) is 11.8. The summed E-state index contributed by atoms with van der Waals surface area (Å²) in [7, 11) is 0. The number of rotatable bonds is 3. The highest BCUT2D eigenvalue weighted by molar-refractivity contribution is 6.05. The standard InChI is InChI=1S/C14H16N2O/c1-9-7-11(9)8-16-14(17)12-4-2-3-10-5-6-15-13(10)12/h2-6,9,11,15H,7-8H2,1H3,(H,16,17). The van der Waals surface area contributed by atoms with Crippen LogP contribution in [0.5, 0.6) is 0 Å². The number of fused-ring (bicyclic) bond motifs is 1. The molecular weight excluding hydrogens is 212 g/mol. The SMILES string of the molecule is CC1CC1CNC(=O)c1cccc2cc[nH]c12. The van der Waals surface area contributed by atoms with Gasteiger partial charge < -0.3 is 10.3 Å². The van der Waals surface area contributed by atoms with E-state index in [4.69, 9.17) is 0 Å². The Labute approximate surface area is 100 Å². The highest BCUT2D eigenvalue weighted by Gasteiger charge is 2.32. The van der Waals surface area contributed by atoms with Crippen molar-refractivity contribution in [3.8, 4) is 0 Å². The summed E-state index contributed by atoms with van der Waals surface area (Å²) in [4.78, 5) is 15.2. The molecule has 0 radical (unpaired) electrons. The summed E-state index contributed by atoms with van der Waals surface area (Å²) in [5.41, 5.74) is 1.66. The minimum Gasteiger partial charge on any atom is -0.361 e. The minimum atomic E-state index is 0.0251. The smallest absolute Gasteiger partial charge is 0.253 e. The predicted octanol–water partition coefficient (Wildman–Crippen LogP) is 2.55. The number of hydrogen-bond acceptors (Lipinski definition) is 1.